The first-order valence-corrected chi connectivity index (χ1v) is 11.1. The van der Waals surface area contributed by atoms with Gasteiger partial charge in [0.25, 0.3) is 0 Å². The van der Waals surface area contributed by atoms with Crippen molar-refractivity contribution in [3.05, 3.63) is 48.3 Å². The Morgan fingerprint density at radius 1 is 1.10 bits per heavy atom. The largest absolute Gasteiger partial charge is 0.497 e. The van der Waals surface area contributed by atoms with Crippen molar-refractivity contribution in [2.75, 3.05) is 66.1 Å². The Bertz CT molecular complexity index is 865. The maximum absolute atomic E-state index is 12.9. The van der Waals surface area contributed by atoms with E-state index < -0.39 is 0 Å². The van der Waals surface area contributed by atoms with Crippen LogP contribution >= 0.6 is 0 Å². The van der Waals surface area contributed by atoms with E-state index in [1.54, 1.807) is 7.11 Å². The molecule has 0 aliphatic carbocycles. The molecular formula is C24H32N4O3. The van der Waals surface area contributed by atoms with Crippen molar-refractivity contribution < 1.29 is 14.3 Å². The Balaban J connectivity index is 1.35. The summed E-state index contributed by atoms with van der Waals surface area (Å²) in [4.78, 5) is 24.1. The lowest BCUT2D eigenvalue weighted by atomic mass is 10.1. The smallest absolute Gasteiger partial charge is 0.236 e. The average molecular weight is 425 g/mol. The number of hydrogen-bond donors (Lipinski definition) is 0. The first-order chi connectivity index (χ1) is 15.2. The topological polar surface area (TPSA) is 58.1 Å². The van der Waals surface area contributed by atoms with Gasteiger partial charge in [-0.15, -0.1) is 0 Å². The number of likely N-dealkylation sites (N-methyl/N-ethyl adjacent to an activating group) is 1. The summed E-state index contributed by atoms with van der Waals surface area (Å²) in [5.41, 5.74) is 2.95. The molecular weight excluding hydrogens is 392 g/mol. The number of rotatable bonds is 6. The zero-order valence-electron chi connectivity index (χ0n) is 18.5. The Morgan fingerprint density at radius 3 is 2.61 bits per heavy atom. The highest BCUT2D eigenvalue weighted by atomic mass is 16.5. The molecule has 2 saturated heterocycles. The number of carbonyl (C=O) groups excluding carboxylic acids is 1. The summed E-state index contributed by atoms with van der Waals surface area (Å²) in [5, 5.41) is 0. The van der Waals surface area contributed by atoms with Gasteiger partial charge in [-0.2, -0.15) is 0 Å². The Morgan fingerprint density at radius 2 is 1.90 bits per heavy atom. The first kappa shape index (κ1) is 21.7. The fourth-order valence-electron chi connectivity index (χ4n) is 4.18. The highest BCUT2D eigenvalue weighted by molar-refractivity contribution is 5.78. The first-order valence-electron chi connectivity index (χ1n) is 11.1. The molecule has 1 unspecified atom stereocenters. The summed E-state index contributed by atoms with van der Waals surface area (Å²) in [6.07, 6.45) is 1.68. The normalized spacial score (nSPS) is 20.6. The fraction of sp³-hybridized carbons (Fsp3) is 0.500. The molecule has 1 amide bonds. The Labute approximate surface area is 184 Å². The predicted octanol–water partition coefficient (Wildman–Crippen LogP) is 2.29. The van der Waals surface area contributed by atoms with Crippen molar-refractivity contribution in [1.29, 1.82) is 0 Å². The third-order valence-electron chi connectivity index (χ3n) is 6.21. The van der Waals surface area contributed by atoms with E-state index in [4.69, 9.17) is 9.47 Å². The molecule has 1 atom stereocenters. The number of pyridine rings is 1. The van der Waals surface area contributed by atoms with Gasteiger partial charge < -0.3 is 19.3 Å². The number of nitrogens with zero attached hydrogens (tertiary/aromatic N) is 4. The third-order valence-corrected chi connectivity index (χ3v) is 6.21. The van der Waals surface area contributed by atoms with Crippen LogP contribution in [-0.4, -0.2) is 91.7 Å². The molecule has 0 bridgehead atoms. The van der Waals surface area contributed by atoms with Crippen molar-refractivity contribution in [1.82, 2.24) is 19.7 Å². The second-order valence-electron chi connectivity index (χ2n) is 8.11. The fourth-order valence-corrected chi connectivity index (χ4v) is 4.18. The van der Waals surface area contributed by atoms with Crippen LogP contribution < -0.4 is 4.74 Å². The van der Waals surface area contributed by atoms with Crippen molar-refractivity contribution >= 4 is 5.91 Å². The molecule has 7 heteroatoms. The highest BCUT2D eigenvalue weighted by Crippen LogP contribution is 2.26. The third kappa shape index (κ3) is 5.42. The van der Waals surface area contributed by atoms with Crippen molar-refractivity contribution in [2.45, 2.75) is 13.0 Å². The second-order valence-corrected chi connectivity index (χ2v) is 8.11. The molecule has 31 heavy (non-hydrogen) atoms. The standard InChI is InChI=1S/C24H32N4O3/c1-3-26-9-11-27(12-10-26)18-24(29)28-13-14-31-23(17-28)22-8-7-20(16-25-22)19-5-4-6-21(15-19)30-2/h4-8,15-16,23H,3,9-14,17-18H2,1-2H3. The van der Waals surface area contributed by atoms with Crippen LogP contribution in [0.4, 0.5) is 0 Å². The molecule has 166 valence electrons. The van der Waals surface area contributed by atoms with E-state index in [1.807, 2.05) is 41.4 Å². The summed E-state index contributed by atoms with van der Waals surface area (Å²) in [5.74, 6) is 1.01. The van der Waals surface area contributed by atoms with E-state index >= 15 is 0 Å². The molecule has 0 spiro atoms. The zero-order chi connectivity index (χ0) is 21.6. The van der Waals surface area contributed by atoms with E-state index in [0.717, 1.165) is 55.3 Å². The number of ether oxygens (including phenoxy) is 2. The lowest BCUT2D eigenvalue weighted by Gasteiger charge is -2.37. The van der Waals surface area contributed by atoms with Crippen LogP contribution in [0.25, 0.3) is 11.1 Å². The van der Waals surface area contributed by atoms with Gasteiger partial charge in [0, 0.05) is 44.5 Å². The van der Waals surface area contributed by atoms with Crippen LogP contribution in [0.2, 0.25) is 0 Å². The summed E-state index contributed by atoms with van der Waals surface area (Å²) in [6, 6.07) is 12.0. The van der Waals surface area contributed by atoms with E-state index in [9.17, 15) is 4.79 Å². The van der Waals surface area contributed by atoms with Gasteiger partial charge >= 0.3 is 0 Å². The molecule has 0 saturated carbocycles. The molecule has 2 aromatic rings. The number of aromatic nitrogens is 1. The second kappa shape index (κ2) is 10.2. The van der Waals surface area contributed by atoms with Gasteiger partial charge in [-0.25, -0.2) is 0 Å². The van der Waals surface area contributed by atoms with Gasteiger partial charge in [-0.3, -0.25) is 14.7 Å². The summed E-state index contributed by atoms with van der Waals surface area (Å²) >= 11 is 0. The van der Waals surface area contributed by atoms with Gasteiger partial charge in [0.05, 0.1) is 32.5 Å². The van der Waals surface area contributed by atoms with Crippen molar-refractivity contribution in [2.24, 2.45) is 0 Å². The van der Waals surface area contributed by atoms with Gasteiger partial charge in [-0.1, -0.05) is 25.1 Å². The maximum Gasteiger partial charge on any atom is 0.236 e. The van der Waals surface area contributed by atoms with Crippen LogP contribution in [0.5, 0.6) is 5.75 Å². The van der Waals surface area contributed by atoms with E-state index in [1.165, 1.54) is 0 Å². The number of benzene rings is 1. The minimum absolute atomic E-state index is 0.186. The van der Waals surface area contributed by atoms with Crippen LogP contribution in [0.3, 0.4) is 0 Å². The minimum atomic E-state index is -0.186. The van der Waals surface area contributed by atoms with Crippen LogP contribution in [-0.2, 0) is 9.53 Å². The monoisotopic (exact) mass is 424 g/mol. The Hall–Kier alpha value is -2.48. The lowest BCUT2D eigenvalue weighted by Crippen LogP contribution is -2.51. The molecule has 7 nitrogen and oxygen atoms in total. The molecule has 3 heterocycles. The Kier molecular flexibility index (Phi) is 7.17. The number of methoxy groups -OCH3 is 1. The average Bonchev–Trinajstić information content (AvgIpc) is 2.84. The molecule has 0 radical (unpaired) electrons. The summed E-state index contributed by atoms with van der Waals surface area (Å²) in [7, 11) is 1.67. The molecule has 2 aliphatic rings. The molecule has 1 aromatic carbocycles. The maximum atomic E-state index is 12.9. The van der Waals surface area contributed by atoms with Crippen LogP contribution in [0.15, 0.2) is 42.6 Å². The van der Waals surface area contributed by atoms with E-state index in [0.29, 0.717) is 26.2 Å². The summed E-state index contributed by atoms with van der Waals surface area (Å²) in [6.45, 7) is 9.50. The number of morpholine rings is 1. The van der Waals surface area contributed by atoms with Gasteiger partial charge in [0.15, 0.2) is 0 Å². The van der Waals surface area contributed by atoms with Gasteiger partial charge in [-0.05, 0) is 30.3 Å². The van der Waals surface area contributed by atoms with Crippen LogP contribution in [0, 0.1) is 0 Å². The summed E-state index contributed by atoms with van der Waals surface area (Å²) < 4.78 is 11.3. The van der Waals surface area contributed by atoms with E-state index in [2.05, 4.69) is 27.8 Å². The molecule has 4 rings (SSSR count). The SMILES string of the molecule is CCN1CCN(CC(=O)N2CCOC(c3ccc(-c4cccc(OC)c4)cn3)C2)CC1. The predicted molar refractivity (Wildman–Crippen MR) is 120 cm³/mol. The highest BCUT2D eigenvalue weighted by Gasteiger charge is 2.28. The molecule has 2 aliphatic heterocycles. The molecule has 2 fully saturated rings. The number of carbonyl (C=O) groups is 1. The lowest BCUT2D eigenvalue weighted by molar-refractivity contribution is -0.140. The zero-order valence-corrected chi connectivity index (χ0v) is 18.5. The van der Waals surface area contributed by atoms with Gasteiger partial charge in [0.1, 0.15) is 11.9 Å². The number of piperazine rings is 1. The molecule has 1 aromatic heterocycles. The van der Waals surface area contributed by atoms with Crippen molar-refractivity contribution in [3.63, 3.8) is 0 Å². The van der Waals surface area contributed by atoms with Crippen molar-refractivity contribution in [3.8, 4) is 16.9 Å². The molecule has 0 N–H and O–H groups in total. The number of hydrogen-bond acceptors (Lipinski definition) is 6. The van der Waals surface area contributed by atoms with Crippen LogP contribution in [0.1, 0.15) is 18.7 Å². The number of amides is 1. The van der Waals surface area contributed by atoms with Gasteiger partial charge in [0.2, 0.25) is 5.91 Å². The minimum Gasteiger partial charge on any atom is -0.497 e. The quantitative estimate of drug-likeness (QED) is 0.709. The van der Waals surface area contributed by atoms with E-state index in [-0.39, 0.29) is 12.0 Å².